The van der Waals surface area contributed by atoms with Crippen LogP contribution in [0.15, 0.2) is 0 Å². The smallest absolute Gasteiger partial charge is 0.0615 e. The second kappa shape index (κ2) is 8.34. The largest absolute Gasteiger partial charge is 0.383 e. The first-order chi connectivity index (χ1) is 7.77. The van der Waals surface area contributed by atoms with Crippen LogP contribution in [-0.4, -0.2) is 61.8 Å². The molecule has 96 valence electrons. The van der Waals surface area contributed by atoms with Crippen LogP contribution in [0, 0.1) is 0 Å². The van der Waals surface area contributed by atoms with Gasteiger partial charge in [-0.1, -0.05) is 6.92 Å². The van der Waals surface area contributed by atoms with Gasteiger partial charge < -0.3 is 10.1 Å². The molecule has 0 radical (unpaired) electrons. The average molecular weight is 246 g/mol. The van der Waals surface area contributed by atoms with E-state index in [1.807, 2.05) is 0 Å². The number of ether oxygens (including phenoxy) is 1. The van der Waals surface area contributed by atoms with E-state index in [1.165, 1.54) is 31.0 Å². The molecule has 1 aliphatic heterocycles. The predicted octanol–water partition coefficient (Wildman–Crippen LogP) is 1.44. The lowest BCUT2D eigenvalue weighted by atomic mass is 10.2. The van der Waals surface area contributed by atoms with Gasteiger partial charge in [-0.15, -0.1) is 0 Å². The molecule has 1 rings (SSSR count). The zero-order valence-electron chi connectivity index (χ0n) is 10.9. The van der Waals surface area contributed by atoms with E-state index in [1.54, 1.807) is 7.11 Å². The minimum Gasteiger partial charge on any atom is -0.383 e. The van der Waals surface area contributed by atoms with Crippen LogP contribution in [0.3, 0.4) is 0 Å². The highest BCUT2D eigenvalue weighted by Gasteiger charge is 2.16. The van der Waals surface area contributed by atoms with Crippen molar-refractivity contribution in [3.05, 3.63) is 0 Å². The Labute approximate surface area is 104 Å². The summed E-state index contributed by atoms with van der Waals surface area (Å²) in [6.45, 7) is 8.78. The summed E-state index contributed by atoms with van der Waals surface area (Å²) in [6, 6.07) is 1.24. The standard InChI is InChI=1S/C12H26N2OS/c1-4-14(11(2)9-15-3)7-5-12-10-16-8-6-13-12/h11-13H,4-10H2,1-3H3. The molecule has 2 unspecified atom stereocenters. The number of nitrogens with one attached hydrogen (secondary N) is 1. The van der Waals surface area contributed by atoms with Crippen LogP contribution in [0.4, 0.5) is 0 Å². The highest BCUT2D eigenvalue weighted by Crippen LogP contribution is 2.11. The second-order valence-electron chi connectivity index (χ2n) is 4.45. The molecule has 0 aromatic carbocycles. The van der Waals surface area contributed by atoms with Gasteiger partial charge >= 0.3 is 0 Å². The number of methoxy groups -OCH3 is 1. The molecule has 0 bridgehead atoms. The van der Waals surface area contributed by atoms with Gasteiger partial charge in [0.1, 0.15) is 0 Å². The lowest BCUT2D eigenvalue weighted by molar-refractivity contribution is 0.100. The monoisotopic (exact) mass is 246 g/mol. The topological polar surface area (TPSA) is 24.5 Å². The van der Waals surface area contributed by atoms with Gasteiger partial charge in [0.25, 0.3) is 0 Å². The Hall–Kier alpha value is 0.230. The van der Waals surface area contributed by atoms with Crippen molar-refractivity contribution in [1.82, 2.24) is 10.2 Å². The SMILES string of the molecule is CCN(CCC1CSCCN1)C(C)COC. The third-order valence-electron chi connectivity index (χ3n) is 3.20. The van der Waals surface area contributed by atoms with Crippen LogP contribution in [0.5, 0.6) is 0 Å². The molecule has 2 atom stereocenters. The molecule has 0 aromatic heterocycles. The molecule has 0 amide bonds. The Morgan fingerprint density at radius 3 is 2.94 bits per heavy atom. The van der Waals surface area contributed by atoms with Crippen molar-refractivity contribution in [2.24, 2.45) is 0 Å². The molecule has 0 spiro atoms. The van der Waals surface area contributed by atoms with Crippen LogP contribution in [0.25, 0.3) is 0 Å². The summed E-state index contributed by atoms with van der Waals surface area (Å²) in [5.74, 6) is 2.55. The lowest BCUT2D eigenvalue weighted by Crippen LogP contribution is -2.43. The van der Waals surface area contributed by atoms with Gasteiger partial charge in [-0.25, -0.2) is 0 Å². The molecule has 4 heteroatoms. The highest BCUT2D eigenvalue weighted by atomic mass is 32.2. The minimum atomic E-state index is 0.534. The molecule has 1 heterocycles. The van der Waals surface area contributed by atoms with Gasteiger partial charge in [-0.2, -0.15) is 11.8 Å². The van der Waals surface area contributed by atoms with Crippen molar-refractivity contribution in [2.75, 3.05) is 44.9 Å². The first-order valence-corrected chi connectivity index (χ1v) is 7.47. The number of hydrogen-bond donors (Lipinski definition) is 1. The number of rotatable bonds is 7. The summed E-state index contributed by atoms with van der Waals surface area (Å²) in [7, 11) is 1.78. The fourth-order valence-corrected chi connectivity index (χ4v) is 3.16. The average Bonchev–Trinajstić information content (AvgIpc) is 2.31. The Morgan fingerprint density at radius 2 is 2.38 bits per heavy atom. The normalized spacial score (nSPS) is 23.6. The van der Waals surface area contributed by atoms with Crippen molar-refractivity contribution in [1.29, 1.82) is 0 Å². The summed E-state index contributed by atoms with van der Waals surface area (Å²) in [5.41, 5.74) is 0. The van der Waals surface area contributed by atoms with Crippen molar-refractivity contribution >= 4 is 11.8 Å². The van der Waals surface area contributed by atoms with Crippen molar-refractivity contribution in [2.45, 2.75) is 32.4 Å². The van der Waals surface area contributed by atoms with Gasteiger partial charge in [0.2, 0.25) is 0 Å². The summed E-state index contributed by atoms with van der Waals surface area (Å²) in [6.07, 6.45) is 1.26. The molecule has 16 heavy (non-hydrogen) atoms. The molecular formula is C12H26N2OS. The zero-order chi connectivity index (χ0) is 11.8. The Morgan fingerprint density at radius 1 is 1.56 bits per heavy atom. The molecule has 1 fully saturated rings. The van der Waals surface area contributed by atoms with E-state index in [9.17, 15) is 0 Å². The maximum Gasteiger partial charge on any atom is 0.0615 e. The van der Waals surface area contributed by atoms with Crippen LogP contribution >= 0.6 is 11.8 Å². The first-order valence-electron chi connectivity index (χ1n) is 6.32. The van der Waals surface area contributed by atoms with E-state index in [0.717, 1.165) is 13.2 Å². The molecule has 1 N–H and O–H groups in total. The summed E-state index contributed by atoms with van der Waals surface area (Å²) < 4.78 is 5.22. The van der Waals surface area contributed by atoms with Crippen LogP contribution < -0.4 is 5.32 Å². The van der Waals surface area contributed by atoms with Gasteiger partial charge in [-0.05, 0) is 19.9 Å². The van der Waals surface area contributed by atoms with Gasteiger partial charge in [0, 0.05) is 43.8 Å². The molecule has 0 aromatic rings. The number of likely N-dealkylation sites (N-methyl/N-ethyl adjacent to an activating group) is 1. The first kappa shape index (κ1) is 14.3. The van der Waals surface area contributed by atoms with Crippen LogP contribution in [0.2, 0.25) is 0 Å². The van der Waals surface area contributed by atoms with Crippen molar-refractivity contribution in [3.63, 3.8) is 0 Å². The van der Waals surface area contributed by atoms with E-state index in [2.05, 4.69) is 35.8 Å². The van der Waals surface area contributed by atoms with Gasteiger partial charge in [0.05, 0.1) is 6.61 Å². The summed E-state index contributed by atoms with van der Waals surface area (Å²) in [4.78, 5) is 2.50. The van der Waals surface area contributed by atoms with E-state index in [0.29, 0.717) is 12.1 Å². The molecule has 0 saturated carbocycles. The predicted molar refractivity (Wildman–Crippen MR) is 72.3 cm³/mol. The number of hydrogen-bond acceptors (Lipinski definition) is 4. The molecule has 0 aliphatic carbocycles. The van der Waals surface area contributed by atoms with Crippen molar-refractivity contribution < 1.29 is 4.74 Å². The van der Waals surface area contributed by atoms with Crippen molar-refractivity contribution in [3.8, 4) is 0 Å². The second-order valence-corrected chi connectivity index (χ2v) is 5.60. The zero-order valence-corrected chi connectivity index (χ0v) is 11.7. The fraction of sp³-hybridized carbons (Fsp3) is 1.00. The Bertz CT molecular complexity index is 174. The lowest BCUT2D eigenvalue weighted by Gasteiger charge is -2.30. The van der Waals surface area contributed by atoms with E-state index < -0.39 is 0 Å². The number of nitrogens with zero attached hydrogens (tertiary/aromatic N) is 1. The molecule has 1 aliphatic rings. The van der Waals surface area contributed by atoms with Crippen LogP contribution in [-0.2, 0) is 4.74 Å². The van der Waals surface area contributed by atoms with Gasteiger partial charge in [-0.3, -0.25) is 4.90 Å². The molecule has 3 nitrogen and oxygen atoms in total. The van der Waals surface area contributed by atoms with E-state index in [4.69, 9.17) is 4.74 Å². The maximum atomic E-state index is 5.22. The third kappa shape index (κ3) is 5.04. The molecular weight excluding hydrogens is 220 g/mol. The highest BCUT2D eigenvalue weighted by molar-refractivity contribution is 7.99. The summed E-state index contributed by atoms with van der Waals surface area (Å²) >= 11 is 2.08. The number of thioether (sulfide) groups is 1. The summed E-state index contributed by atoms with van der Waals surface area (Å²) in [5, 5.41) is 3.59. The minimum absolute atomic E-state index is 0.534. The quantitative estimate of drug-likeness (QED) is 0.735. The third-order valence-corrected chi connectivity index (χ3v) is 4.33. The fourth-order valence-electron chi connectivity index (χ4n) is 2.16. The van der Waals surface area contributed by atoms with Crippen LogP contribution in [0.1, 0.15) is 20.3 Å². The van der Waals surface area contributed by atoms with E-state index >= 15 is 0 Å². The maximum absolute atomic E-state index is 5.22. The van der Waals surface area contributed by atoms with E-state index in [-0.39, 0.29) is 0 Å². The van der Waals surface area contributed by atoms with Gasteiger partial charge in [0.15, 0.2) is 0 Å². The Kier molecular flexibility index (Phi) is 7.45. The Balaban J connectivity index is 2.21. The molecule has 1 saturated heterocycles.